The SMILES string of the molecule is CCC(C)C1CN(Cc2cc(C)on2)C(CC)CN1. The van der Waals surface area contributed by atoms with Crippen molar-refractivity contribution in [3.8, 4) is 0 Å². The van der Waals surface area contributed by atoms with Gasteiger partial charge in [-0.25, -0.2) is 0 Å². The second-order valence-electron chi connectivity index (χ2n) is 5.82. The van der Waals surface area contributed by atoms with Crippen LogP contribution in [0.1, 0.15) is 45.1 Å². The van der Waals surface area contributed by atoms with Gasteiger partial charge in [-0.2, -0.15) is 0 Å². The summed E-state index contributed by atoms with van der Waals surface area (Å²) in [4.78, 5) is 2.56. The first-order chi connectivity index (χ1) is 9.13. The molecule has 108 valence electrons. The summed E-state index contributed by atoms with van der Waals surface area (Å²) >= 11 is 0. The summed E-state index contributed by atoms with van der Waals surface area (Å²) in [6, 6.07) is 3.26. The predicted octanol–water partition coefficient (Wildman–Crippen LogP) is 2.58. The second-order valence-corrected chi connectivity index (χ2v) is 5.82. The van der Waals surface area contributed by atoms with Crippen LogP contribution in [0.25, 0.3) is 0 Å². The molecule has 0 amide bonds. The minimum atomic E-state index is 0.598. The average Bonchev–Trinajstić information content (AvgIpc) is 2.83. The molecule has 1 aromatic rings. The maximum Gasteiger partial charge on any atom is 0.133 e. The van der Waals surface area contributed by atoms with E-state index in [-0.39, 0.29) is 0 Å². The zero-order valence-electron chi connectivity index (χ0n) is 12.6. The number of hydrogen-bond acceptors (Lipinski definition) is 4. The van der Waals surface area contributed by atoms with Crippen LogP contribution in [0.15, 0.2) is 10.6 Å². The molecule has 0 saturated carbocycles. The molecule has 3 unspecified atom stereocenters. The number of hydrogen-bond donors (Lipinski definition) is 1. The molecule has 1 aromatic heterocycles. The molecule has 4 nitrogen and oxygen atoms in total. The Labute approximate surface area is 116 Å². The van der Waals surface area contributed by atoms with E-state index in [0.29, 0.717) is 12.1 Å². The summed E-state index contributed by atoms with van der Waals surface area (Å²) in [6.45, 7) is 11.9. The van der Waals surface area contributed by atoms with Crippen LogP contribution in [0.4, 0.5) is 0 Å². The zero-order chi connectivity index (χ0) is 13.8. The smallest absolute Gasteiger partial charge is 0.133 e. The van der Waals surface area contributed by atoms with Gasteiger partial charge in [-0.1, -0.05) is 32.3 Å². The Kier molecular flexibility index (Phi) is 4.99. The third-order valence-electron chi connectivity index (χ3n) is 4.41. The standard InChI is InChI=1S/C15H27N3O/c1-5-11(3)15-10-18(14(6-2)8-16-15)9-13-7-12(4)19-17-13/h7,11,14-16H,5-6,8-10H2,1-4H3. The lowest BCUT2D eigenvalue weighted by molar-refractivity contribution is 0.0969. The van der Waals surface area contributed by atoms with Gasteiger partial charge in [0.25, 0.3) is 0 Å². The molecule has 0 bridgehead atoms. The van der Waals surface area contributed by atoms with E-state index in [1.165, 1.54) is 12.8 Å². The van der Waals surface area contributed by atoms with Gasteiger partial charge >= 0.3 is 0 Å². The summed E-state index contributed by atoms with van der Waals surface area (Å²) in [7, 11) is 0. The summed E-state index contributed by atoms with van der Waals surface area (Å²) in [5, 5.41) is 7.84. The maximum absolute atomic E-state index is 5.18. The Bertz CT molecular complexity index is 390. The van der Waals surface area contributed by atoms with Crippen molar-refractivity contribution in [3.05, 3.63) is 17.5 Å². The van der Waals surface area contributed by atoms with Gasteiger partial charge in [-0.3, -0.25) is 4.90 Å². The highest BCUT2D eigenvalue weighted by Gasteiger charge is 2.29. The average molecular weight is 265 g/mol. The van der Waals surface area contributed by atoms with Gasteiger partial charge < -0.3 is 9.84 Å². The molecular weight excluding hydrogens is 238 g/mol. The Balaban J connectivity index is 2.01. The Morgan fingerprint density at radius 3 is 2.89 bits per heavy atom. The molecular formula is C15H27N3O. The van der Waals surface area contributed by atoms with Crippen LogP contribution >= 0.6 is 0 Å². The van der Waals surface area contributed by atoms with E-state index >= 15 is 0 Å². The Morgan fingerprint density at radius 1 is 1.53 bits per heavy atom. The van der Waals surface area contributed by atoms with Crippen molar-refractivity contribution < 1.29 is 4.52 Å². The summed E-state index contributed by atoms with van der Waals surface area (Å²) in [6.07, 6.45) is 2.41. The fourth-order valence-corrected chi connectivity index (χ4v) is 2.85. The zero-order valence-corrected chi connectivity index (χ0v) is 12.6. The topological polar surface area (TPSA) is 41.3 Å². The van der Waals surface area contributed by atoms with Gasteiger partial charge in [0.15, 0.2) is 0 Å². The lowest BCUT2D eigenvalue weighted by atomic mass is 9.94. The van der Waals surface area contributed by atoms with E-state index in [0.717, 1.165) is 37.0 Å². The van der Waals surface area contributed by atoms with E-state index in [1.807, 2.05) is 13.0 Å². The van der Waals surface area contributed by atoms with Crippen molar-refractivity contribution in [1.29, 1.82) is 0 Å². The van der Waals surface area contributed by atoms with E-state index in [9.17, 15) is 0 Å². The number of piperazine rings is 1. The minimum absolute atomic E-state index is 0.598. The van der Waals surface area contributed by atoms with Crippen LogP contribution in [-0.4, -0.2) is 35.2 Å². The first kappa shape index (κ1) is 14.5. The highest BCUT2D eigenvalue weighted by molar-refractivity contribution is 5.04. The number of nitrogens with zero attached hydrogens (tertiary/aromatic N) is 2. The molecule has 1 fully saturated rings. The van der Waals surface area contributed by atoms with Crippen molar-refractivity contribution in [3.63, 3.8) is 0 Å². The van der Waals surface area contributed by atoms with Crippen LogP contribution in [-0.2, 0) is 6.54 Å². The van der Waals surface area contributed by atoms with Gasteiger partial charge in [-0.15, -0.1) is 0 Å². The molecule has 3 atom stereocenters. The lowest BCUT2D eigenvalue weighted by Gasteiger charge is -2.41. The number of rotatable bonds is 5. The number of nitrogens with one attached hydrogen (secondary N) is 1. The maximum atomic E-state index is 5.18. The molecule has 1 aliphatic rings. The third-order valence-corrected chi connectivity index (χ3v) is 4.41. The van der Waals surface area contributed by atoms with Crippen LogP contribution < -0.4 is 5.32 Å². The molecule has 1 saturated heterocycles. The van der Waals surface area contributed by atoms with Crippen molar-refractivity contribution >= 4 is 0 Å². The first-order valence-corrected chi connectivity index (χ1v) is 7.53. The second kappa shape index (κ2) is 6.53. The van der Waals surface area contributed by atoms with Gasteiger partial charge in [-0.05, 0) is 19.3 Å². The third kappa shape index (κ3) is 3.57. The van der Waals surface area contributed by atoms with Crippen molar-refractivity contribution in [2.24, 2.45) is 5.92 Å². The Morgan fingerprint density at radius 2 is 2.32 bits per heavy atom. The molecule has 0 aromatic carbocycles. The van der Waals surface area contributed by atoms with Gasteiger partial charge in [0.2, 0.25) is 0 Å². The quantitative estimate of drug-likeness (QED) is 0.888. The van der Waals surface area contributed by atoms with Crippen molar-refractivity contribution in [2.75, 3.05) is 13.1 Å². The fourth-order valence-electron chi connectivity index (χ4n) is 2.85. The van der Waals surface area contributed by atoms with Crippen molar-refractivity contribution in [2.45, 2.75) is 59.2 Å². The molecule has 1 N–H and O–H groups in total. The monoisotopic (exact) mass is 265 g/mol. The van der Waals surface area contributed by atoms with Crippen LogP contribution in [0.3, 0.4) is 0 Å². The first-order valence-electron chi connectivity index (χ1n) is 7.53. The van der Waals surface area contributed by atoms with Crippen LogP contribution in [0.2, 0.25) is 0 Å². The van der Waals surface area contributed by atoms with E-state index in [2.05, 4.69) is 36.1 Å². The Hall–Kier alpha value is -0.870. The van der Waals surface area contributed by atoms with Crippen molar-refractivity contribution in [1.82, 2.24) is 15.4 Å². The molecule has 0 aliphatic carbocycles. The number of aryl methyl sites for hydroxylation is 1. The number of aromatic nitrogens is 1. The fraction of sp³-hybridized carbons (Fsp3) is 0.800. The largest absolute Gasteiger partial charge is 0.361 e. The predicted molar refractivity (Wildman–Crippen MR) is 77.0 cm³/mol. The van der Waals surface area contributed by atoms with Gasteiger partial charge in [0.05, 0.1) is 5.69 Å². The van der Waals surface area contributed by atoms with Crippen LogP contribution in [0.5, 0.6) is 0 Å². The lowest BCUT2D eigenvalue weighted by Crippen LogP contribution is -2.57. The molecule has 19 heavy (non-hydrogen) atoms. The summed E-state index contributed by atoms with van der Waals surface area (Å²) in [5.41, 5.74) is 1.06. The van der Waals surface area contributed by atoms with E-state index < -0.39 is 0 Å². The highest BCUT2D eigenvalue weighted by atomic mass is 16.5. The van der Waals surface area contributed by atoms with Crippen LogP contribution in [0, 0.1) is 12.8 Å². The molecule has 2 heterocycles. The summed E-state index contributed by atoms with van der Waals surface area (Å²) in [5.74, 6) is 1.62. The highest BCUT2D eigenvalue weighted by Crippen LogP contribution is 2.19. The molecule has 0 spiro atoms. The van der Waals surface area contributed by atoms with Gasteiger partial charge in [0.1, 0.15) is 5.76 Å². The van der Waals surface area contributed by atoms with E-state index in [1.54, 1.807) is 0 Å². The molecule has 1 aliphatic heterocycles. The summed E-state index contributed by atoms with van der Waals surface area (Å²) < 4.78 is 5.18. The molecule has 4 heteroatoms. The van der Waals surface area contributed by atoms with Gasteiger partial charge in [0, 0.05) is 37.8 Å². The minimum Gasteiger partial charge on any atom is -0.361 e. The van der Waals surface area contributed by atoms with E-state index in [4.69, 9.17) is 4.52 Å². The molecule has 0 radical (unpaired) electrons. The molecule has 2 rings (SSSR count). The normalized spacial score (nSPS) is 26.5.